The van der Waals surface area contributed by atoms with Crippen LogP contribution in [0.25, 0.3) is 5.69 Å². The van der Waals surface area contributed by atoms with Gasteiger partial charge in [-0.2, -0.15) is 13.2 Å². The van der Waals surface area contributed by atoms with E-state index in [2.05, 4.69) is 10.3 Å². The molecule has 0 unspecified atom stereocenters. The van der Waals surface area contributed by atoms with Crippen molar-refractivity contribution in [2.45, 2.75) is 32.1 Å². The number of fused-ring (bicyclic) bond motifs is 1. The van der Waals surface area contributed by atoms with Gasteiger partial charge in [-0.15, -0.1) is 0 Å². The van der Waals surface area contributed by atoms with Crippen LogP contribution in [0.2, 0.25) is 0 Å². The minimum atomic E-state index is -4.49. The predicted molar refractivity (Wildman–Crippen MR) is 141 cm³/mol. The molecule has 4 aromatic rings. The molecular weight excluding hydrogens is 513 g/mol. The summed E-state index contributed by atoms with van der Waals surface area (Å²) in [5, 5.41) is 3.88. The third-order valence-electron chi connectivity index (χ3n) is 6.97. The number of anilines is 1. The van der Waals surface area contributed by atoms with Crippen LogP contribution >= 0.6 is 12.2 Å². The summed E-state index contributed by atoms with van der Waals surface area (Å²) in [6, 6.07) is 18.0. The van der Waals surface area contributed by atoms with Crippen LogP contribution in [0.15, 0.2) is 72.9 Å². The second-order valence-electron chi connectivity index (χ2n) is 9.21. The largest absolute Gasteiger partial charge is 0.454 e. The molecule has 194 valence electrons. The maximum absolute atomic E-state index is 14.0. The molecule has 4 heterocycles. The summed E-state index contributed by atoms with van der Waals surface area (Å²) < 4.78 is 54.6. The lowest BCUT2D eigenvalue weighted by Crippen LogP contribution is -2.29. The Bertz CT molecular complexity index is 1540. The number of alkyl halides is 3. The van der Waals surface area contributed by atoms with E-state index in [9.17, 15) is 13.2 Å². The molecule has 0 aliphatic carbocycles. The van der Waals surface area contributed by atoms with Gasteiger partial charge in [-0.1, -0.05) is 18.2 Å². The van der Waals surface area contributed by atoms with Gasteiger partial charge in [0.1, 0.15) is 0 Å². The maximum atomic E-state index is 14.0. The Labute approximate surface area is 222 Å². The van der Waals surface area contributed by atoms with Gasteiger partial charge in [-0.25, -0.2) is 0 Å². The molecule has 2 aromatic carbocycles. The monoisotopic (exact) mass is 536 g/mol. The fourth-order valence-electron chi connectivity index (χ4n) is 5.35. The van der Waals surface area contributed by atoms with Crippen molar-refractivity contribution in [2.75, 3.05) is 11.7 Å². The zero-order valence-corrected chi connectivity index (χ0v) is 21.3. The van der Waals surface area contributed by atoms with Gasteiger partial charge in [0.2, 0.25) is 6.79 Å². The third kappa shape index (κ3) is 3.96. The zero-order valence-electron chi connectivity index (χ0n) is 20.5. The molecule has 6 rings (SSSR count). The van der Waals surface area contributed by atoms with Crippen molar-refractivity contribution in [3.8, 4) is 17.2 Å². The summed E-state index contributed by atoms with van der Waals surface area (Å²) in [4.78, 5) is 6.54. The Morgan fingerprint density at radius 2 is 1.74 bits per heavy atom. The van der Waals surface area contributed by atoms with Gasteiger partial charge in [-0.3, -0.25) is 4.98 Å². The summed E-state index contributed by atoms with van der Waals surface area (Å²) in [6.07, 6.45) is -2.78. The normalized spacial score (nSPS) is 18.7. The highest BCUT2D eigenvalue weighted by Gasteiger charge is 2.43. The van der Waals surface area contributed by atoms with E-state index in [1.165, 1.54) is 12.1 Å². The number of aromatic nitrogens is 2. The first-order valence-corrected chi connectivity index (χ1v) is 12.4. The molecule has 0 saturated carbocycles. The van der Waals surface area contributed by atoms with Crippen LogP contribution in [0.4, 0.5) is 18.9 Å². The Morgan fingerprint density at radius 3 is 2.50 bits per heavy atom. The van der Waals surface area contributed by atoms with Crippen molar-refractivity contribution in [3.05, 3.63) is 101 Å². The van der Waals surface area contributed by atoms with Gasteiger partial charge in [0.25, 0.3) is 0 Å². The molecule has 0 amide bonds. The number of para-hydroxylation sites is 1. The molecule has 1 saturated heterocycles. The van der Waals surface area contributed by atoms with Crippen LogP contribution in [-0.4, -0.2) is 21.5 Å². The number of aryl methyl sites for hydroxylation is 1. The Morgan fingerprint density at radius 1 is 0.974 bits per heavy atom. The van der Waals surface area contributed by atoms with Crippen LogP contribution in [0.1, 0.15) is 40.3 Å². The molecule has 2 aromatic heterocycles. The molecule has 2 aliphatic rings. The summed E-state index contributed by atoms with van der Waals surface area (Å²) >= 11 is 5.81. The molecule has 2 atom stereocenters. The molecule has 38 heavy (non-hydrogen) atoms. The van der Waals surface area contributed by atoms with Gasteiger partial charge in [0.05, 0.1) is 29.0 Å². The maximum Gasteiger partial charge on any atom is 0.418 e. The first-order chi connectivity index (χ1) is 18.2. The number of nitrogens with one attached hydrogen (secondary N) is 1. The second-order valence-corrected chi connectivity index (χ2v) is 9.60. The lowest BCUT2D eigenvalue weighted by Gasteiger charge is -2.28. The van der Waals surface area contributed by atoms with Gasteiger partial charge < -0.3 is 24.3 Å². The second kappa shape index (κ2) is 9.05. The summed E-state index contributed by atoms with van der Waals surface area (Å²) in [7, 11) is 0. The van der Waals surface area contributed by atoms with E-state index < -0.39 is 17.8 Å². The number of hydrogen-bond acceptors (Lipinski definition) is 4. The van der Waals surface area contributed by atoms with E-state index in [1.807, 2.05) is 61.2 Å². The number of hydrogen-bond donors (Lipinski definition) is 1. The minimum Gasteiger partial charge on any atom is -0.454 e. The van der Waals surface area contributed by atoms with Crippen molar-refractivity contribution in [3.63, 3.8) is 0 Å². The van der Waals surface area contributed by atoms with Crippen molar-refractivity contribution >= 4 is 23.0 Å². The van der Waals surface area contributed by atoms with Gasteiger partial charge >= 0.3 is 6.18 Å². The first-order valence-electron chi connectivity index (χ1n) is 12.0. The Kier molecular flexibility index (Phi) is 5.79. The van der Waals surface area contributed by atoms with Crippen molar-refractivity contribution < 1.29 is 22.6 Å². The topological polar surface area (TPSA) is 51.6 Å². The van der Waals surface area contributed by atoms with E-state index in [0.29, 0.717) is 28.0 Å². The van der Waals surface area contributed by atoms with E-state index in [1.54, 1.807) is 16.8 Å². The number of thiocarbonyl (C=S) groups is 1. The lowest BCUT2D eigenvalue weighted by molar-refractivity contribution is -0.137. The fourth-order valence-corrected chi connectivity index (χ4v) is 5.70. The predicted octanol–water partition coefficient (Wildman–Crippen LogP) is 6.41. The van der Waals surface area contributed by atoms with Gasteiger partial charge in [-0.05, 0) is 74.1 Å². The highest BCUT2D eigenvalue weighted by Crippen LogP contribution is 2.46. The molecule has 0 bridgehead atoms. The highest BCUT2D eigenvalue weighted by atomic mass is 32.1. The molecule has 6 nitrogen and oxygen atoms in total. The van der Waals surface area contributed by atoms with E-state index >= 15 is 0 Å². The average molecular weight is 537 g/mol. The number of ether oxygens (including phenoxy) is 2. The first kappa shape index (κ1) is 24.3. The van der Waals surface area contributed by atoms with E-state index in [4.69, 9.17) is 21.7 Å². The lowest BCUT2D eigenvalue weighted by atomic mass is 9.96. The van der Waals surface area contributed by atoms with Crippen LogP contribution < -0.4 is 19.7 Å². The van der Waals surface area contributed by atoms with E-state index in [-0.39, 0.29) is 18.5 Å². The number of rotatable bonds is 4. The van der Waals surface area contributed by atoms with Crippen molar-refractivity contribution in [2.24, 2.45) is 0 Å². The van der Waals surface area contributed by atoms with Crippen LogP contribution in [-0.2, 0) is 6.18 Å². The molecule has 0 radical (unpaired) electrons. The number of nitrogens with zero attached hydrogens (tertiary/aromatic N) is 3. The summed E-state index contributed by atoms with van der Waals surface area (Å²) in [5.41, 5.74) is 3.13. The average Bonchev–Trinajstić information content (AvgIpc) is 3.58. The molecule has 10 heteroatoms. The van der Waals surface area contributed by atoms with Crippen LogP contribution in [0.3, 0.4) is 0 Å². The SMILES string of the molecule is Cc1cc([C@H]2[C@H](c3ccccn3)NC(=S)N2c2ccc3c(c2)OCO3)c(C)n1-c1ccccc1C(F)(F)F. The van der Waals surface area contributed by atoms with Crippen molar-refractivity contribution in [1.29, 1.82) is 0 Å². The van der Waals surface area contributed by atoms with Gasteiger partial charge in [0.15, 0.2) is 16.6 Å². The Hall–Kier alpha value is -4.05. The summed E-state index contributed by atoms with van der Waals surface area (Å²) in [6.45, 7) is 3.79. The molecule has 0 spiro atoms. The quantitative estimate of drug-likeness (QED) is 0.304. The van der Waals surface area contributed by atoms with Gasteiger partial charge in [0, 0.05) is 29.3 Å². The number of pyridine rings is 1. The fraction of sp³-hybridized carbons (Fsp3) is 0.214. The molecular formula is C28H23F3N4O2S. The smallest absolute Gasteiger partial charge is 0.418 e. The number of benzene rings is 2. The third-order valence-corrected chi connectivity index (χ3v) is 7.29. The molecule has 1 N–H and O–H groups in total. The highest BCUT2D eigenvalue weighted by molar-refractivity contribution is 7.80. The van der Waals surface area contributed by atoms with E-state index in [0.717, 1.165) is 23.0 Å². The van der Waals surface area contributed by atoms with Crippen LogP contribution in [0, 0.1) is 13.8 Å². The molecule has 1 fully saturated rings. The molecule has 2 aliphatic heterocycles. The zero-order chi connectivity index (χ0) is 26.6. The minimum absolute atomic E-state index is 0.0822. The van der Waals surface area contributed by atoms with Crippen LogP contribution in [0.5, 0.6) is 11.5 Å². The number of halogens is 3. The van der Waals surface area contributed by atoms with Crippen molar-refractivity contribution in [1.82, 2.24) is 14.9 Å². The summed E-state index contributed by atoms with van der Waals surface area (Å²) in [5.74, 6) is 1.25. The standard InChI is InChI=1S/C28H23F3N4O2S/c1-16-13-19(17(2)34(16)22-9-4-3-7-20(22)28(29,30)31)26-25(21-8-5-6-12-32-21)33-27(38)35(26)18-10-11-23-24(14-18)37-15-36-23/h3-14,25-26H,15H2,1-2H3,(H,33,38)/t25-,26-/m0/s1. The Balaban J connectivity index is 1.53.